The lowest BCUT2D eigenvalue weighted by atomic mass is 9.78. The van der Waals surface area contributed by atoms with Gasteiger partial charge < -0.3 is 11.1 Å². The summed E-state index contributed by atoms with van der Waals surface area (Å²) in [5, 5.41) is 3.11. The number of hydrogen-bond donors (Lipinski definition) is 2. The topological polar surface area (TPSA) is 55.1 Å². The minimum absolute atomic E-state index is 0.0384. The molecule has 0 aliphatic heterocycles. The summed E-state index contributed by atoms with van der Waals surface area (Å²) in [6.45, 7) is 4.38. The van der Waals surface area contributed by atoms with E-state index in [2.05, 4.69) is 24.1 Å². The van der Waals surface area contributed by atoms with Crippen LogP contribution in [0.3, 0.4) is 0 Å². The Bertz CT molecular complexity index is 548. The smallest absolute Gasteiger partial charge is 0.252 e. The van der Waals surface area contributed by atoms with Crippen LogP contribution >= 0.6 is 0 Å². The van der Waals surface area contributed by atoms with Crippen molar-refractivity contribution in [3.63, 3.8) is 0 Å². The Labute approximate surface area is 114 Å². The van der Waals surface area contributed by atoms with E-state index in [0.29, 0.717) is 12.1 Å². The molecule has 3 heteroatoms. The van der Waals surface area contributed by atoms with Gasteiger partial charge >= 0.3 is 0 Å². The van der Waals surface area contributed by atoms with Crippen molar-refractivity contribution < 1.29 is 4.79 Å². The highest BCUT2D eigenvalue weighted by Crippen LogP contribution is 2.31. The summed E-state index contributed by atoms with van der Waals surface area (Å²) in [7, 11) is 0. The molecule has 0 heterocycles. The minimum atomic E-state index is -0.0411. The predicted octanol–water partition coefficient (Wildman–Crippen LogP) is 1.98. The molecule has 3 N–H and O–H groups in total. The fourth-order valence-electron chi connectivity index (χ4n) is 2.28. The van der Waals surface area contributed by atoms with Gasteiger partial charge in [-0.2, -0.15) is 0 Å². The Balaban J connectivity index is 2.25. The third kappa shape index (κ3) is 3.15. The molecule has 1 aliphatic rings. The number of carbonyl (C=O) groups is 1. The van der Waals surface area contributed by atoms with E-state index < -0.39 is 0 Å². The normalized spacial score (nSPS) is 15.9. The van der Waals surface area contributed by atoms with Gasteiger partial charge in [0.2, 0.25) is 0 Å². The molecule has 100 valence electrons. The van der Waals surface area contributed by atoms with Crippen molar-refractivity contribution in [3.05, 3.63) is 34.9 Å². The van der Waals surface area contributed by atoms with Crippen LogP contribution in [0.1, 0.15) is 47.7 Å². The minimum Gasteiger partial charge on any atom is -0.347 e. The molecule has 1 fully saturated rings. The molecule has 0 unspecified atom stereocenters. The SMILES string of the molecule is Cc1ccc(C(=O)NC2(C)CCC2)c(C#CCN)c1. The summed E-state index contributed by atoms with van der Waals surface area (Å²) in [4.78, 5) is 12.3. The van der Waals surface area contributed by atoms with Crippen LogP contribution in [0.4, 0.5) is 0 Å². The number of hydrogen-bond acceptors (Lipinski definition) is 2. The zero-order valence-corrected chi connectivity index (χ0v) is 11.5. The quantitative estimate of drug-likeness (QED) is 0.795. The van der Waals surface area contributed by atoms with Crippen LogP contribution in [0.5, 0.6) is 0 Å². The summed E-state index contributed by atoms with van der Waals surface area (Å²) in [6.07, 6.45) is 3.29. The highest BCUT2D eigenvalue weighted by Gasteiger charge is 2.33. The maximum atomic E-state index is 12.3. The Morgan fingerprint density at radius 2 is 2.21 bits per heavy atom. The molecule has 1 aromatic rings. The molecule has 0 spiro atoms. The molecule has 0 radical (unpaired) electrons. The van der Waals surface area contributed by atoms with E-state index in [0.717, 1.165) is 24.0 Å². The third-order valence-corrected chi connectivity index (χ3v) is 3.62. The van der Waals surface area contributed by atoms with Crippen LogP contribution in [-0.4, -0.2) is 18.0 Å². The maximum absolute atomic E-state index is 12.3. The van der Waals surface area contributed by atoms with E-state index in [1.54, 1.807) is 0 Å². The van der Waals surface area contributed by atoms with E-state index in [1.165, 1.54) is 6.42 Å². The number of rotatable bonds is 2. The molecule has 1 aliphatic carbocycles. The zero-order chi connectivity index (χ0) is 13.9. The van der Waals surface area contributed by atoms with Gasteiger partial charge in [-0.3, -0.25) is 4.79 Å². The first kappa shape index (κ1) is 13.6. The molecule has 2 rings (SSSR count). The highest BCUT2D eigenvalue weighted by molar-refractivity contribution is 5.97. The average molecular weight is 256 g/mol. The summed E-state index contributed by atoms with van der Waals surface area (Å²) in [5.74, 6) is 5.76. The van der Waals surface area contributed by atoms with Gasteiger partial charge in [0.1, 0.15) is 0 Å². The second kappa shape index (κ2) is 5.46. The van der Waals surface area contributed by atoms with Gasteiger partial charge in [0.05, 0.1) is 12.1 Å². The van der Waals surface area contributed by atoms with Gasteiger partial charge in [0, 0.05) is 11.1 Å². The standard InChI is InChI=1S/C16H20N2O/c1-12-6-7-14(13(11-12)5-3-10-17)15(19)18-16(2)8-4-9-16/h6-7,11H,4,8-10,17H2,1-2H3,(H,18,19). The summed E-state index contributed by atoms with van der Waals surface area (Å²) < 4.78 is 0. The first-order chi connectivity index (χ1) is 9.04. The molecular formula is C16H20N2O. The second-order valence-electron chi connectivity index (χ2n) is 5.42. The number of aryl methyl sites for hydroxylation is 1. The number of nitrogens with two attached hydrogens (primary N) is 1. The highest BCUT2D eigenvalue weighted by atomic mass is 16.1. The zero-order valence-electron chi connectivity index (χ0n) is 11.5. The van der Waals surface area contributed by atoms with Crippen molar-refractivity contribution in [1.82, 2.24) is 5.32 Å². The Morgan fingerprint density at radius 1 is 1.47 bits per heavy atom. The predicted molar refractivity (Wildman–Crippen MR) is 76.8 cm³/mol. The van der Waals surface area contributed by atoms with Gasteiger partial charge in [0.15, 0.2) is 0 Å². The van der Waals surface area contributed by atoms with Crippen molar-refractivity contribution in [2.24, 2.45) is 5.73 Å². The van der Waals surface area contributed by atoms with Crippen molar-refractivity contribution >= 4 is 5.91 Å². The average Bonchev–Trinajstić information content (AvgIpc) is 2.34. The molecule has 1 aromatic carbocycles. The third-order valence-electron chi connectivity index (χ3n) is 3.62. The van der Waals surface area contributed by atoms with Gasteiger partial charge in [-0.05, 0) is 50.8 Å². The molecule has 1 saturated carbocycles. The monoisotopic (exact) mass is 256 g/mol. The number of amides is 1. The van der Waals surface area contributed by atoms with Crippen molar-refractivity contribution in [2.45, 2.75) is 38.6 Å². The van der Waals surface area contributed by atoms with Crippen LogP contribution in [0, 0.1) is 18.8 Å². The first-order valence-corrected chi connectivity index (χ1v) is 6.66. The van der Waals surface area contributed by atoms with Crippen molar-refractivity contribution in [2.75, 3.05) is 6.54 Å². The molecule has 0 saturated heterocycles. The summed E-state index contributed by atoms with van der Waals surface area (Å²) in [5.41, 5.74) is 7.84. The van der Waals surface area contributed by atoms with Gasteiger partial charge in [-0.15, -0.1) is 0 Å². The second-order valence-corrected chi connectivity index (χ2v) is 5.42. The van der Waals surface area contributed by atoms with E-state index >= 15 is 0 Å². The lowest BCUT2D eigenvalue weighted by Crippen LogP contribution is -2.51. The first-order valence-electron chi connectivity index (χ1n) is 6.66. The lowest BCUT2D eigenvalue weighted by Gasteiger charge is -2.39. The Hall–Kier alpha value is -1.79. The van der Waals surface area contributed by atoms with Gasteiger partial charge in [0.25, 0.3) is 5.91 Å². The van der Waals surface area contributed by atoms with Crippen molar-refractivity contribution in [3.8, 4) is 11.8 Å². The summed E-state index contributed by atoms with van der Waals surface area (Å²) >= 11 is 0. The maximum Gasteiger partial charge on any atom is 0.252 e. The molecule has 0 aromatic heterocycles. The van der Waals surface area contributed by atoms with Gasteiger partial charge in [-0.25, -0.2) is 0 Å². The largest absolute Gasteiger partial charge is 0.347 e. The van der Waals surface area contributed by atoms with Crippen LogP contribution in [0.2, 0.25) is 0 Å². The van der Waals surface area contributed by atoms with E-state index in [1.807, 2.05) is 25.1 Å². The van der Waals surface area contributed by atoms with Crippen LogP contribution < -0.4 is 11.1 Å². The van der Waals surface area contributed by atoms with Crippen LogP contribution in [0.15, 0.2) is 18.2 Å². The fraction of sp³-hybridized carbons (Fsp3) is 0.438. The van der Waals surface area contributed by atoms with Crippen LogP contribution in [0.25, 0.3) is 0 Å². The lowest BCUT2D eigenvalue weighted by molar-refractivity contribution is 0.0850. The molecule has 1 amide bonds. The fourth-order valence-corrected chi connectivity index (χ4v) is 2.28. The van der Waals surface area contributed by atoms with Gasteiger partial charge in [-0.1, -0.05) is 17.9 Å². The Morgan fingerprint density at radius 3 is 2.79 bits per heavy atom. The van der Waals surface area contributed by atoms with Crippen molar-refractivity contribution in [1.29, 1.82) is 0 Å². The molecule has 0 bridgehead atoms. The summed E-state index contributed by atoms with van der Waals surface area (Å²) in [6, 6.07) is 5.71. The number of carbonyl (C=O) groups excluding carboxylic acids is 1. The molecular weight excluding hydrogens is 236 g/mol. The molecule has 0 atom stereocenters. The van der Waals surface area contributed by atoms with E-state index in [4.69, 9.17) is 5.73 Å². The van der Waals surface area contributed by atoms with E-state index in [-0.39, 0.29) is 11.4 Å². The van der Waals surface area contributed by atoms with E-state index in [9.17, 15) is 4.79 Å². The molecule has 19 heavy (non-hydrogen) atoms. The Kier molecular flexibility index (Phi) is 3.92. The van der Waals surface area contributed by atoms with Crippen LogP contribution in [-0.2, 0) is 0 Å². The number of nitrogens with one attached hydrogen (secondary N) is 1. The molecule has 3 nitrogen and oxygen atoms in total. The number of benzene rings is 1.